The van der Waals surface area contributed by atoms with E-state index in [1.807, 2.05) is 13.8 Å². The van der Waals surface area contributed by atoms with Gasteiger partial charge in [0.2, 0.25) is 0 Å². The van der Waals surface area contributed by atoms with Crippen LogP contribution >= 0.6 is 0 Å². The number of rotatable bonds is 2. The van der Waals surface area contributed by atoms with Crippen molar-refractivity contribution in [2.24, 2.45) is 0 Å². The third-order valence-corrected chi connectivity index (χ3v) is 2.17. The molecule has 2 heteroatoms. The maximum Gasteiger partial charge on any atom is 0.107 e. The number of hydrogen-bond acceptors (Lipinski definition) is 1. The number of hydrogen-bond donors (Lipinski definition) is 1. The molecule has 0 saturated carbocycles. The number of aromatic nitrogens is 2. The Balaban J connectivity index is 0.000000531. The SMILES string of the molecule is CC.CCCc1nc2ccc(C)cc2[nH]1. The van der Waals surface area contributed by atoms with Crippen molar-refractivity contribution in [1.82, 2.24) is 9.97 Å². The molecule has 1 aromatic carbocycles. The van der Waals surface area contributed by atoms with Crippen LogP contribution in [0.2, 0.25) is 0 Å². The standard InChI is InChI=1S/C11H14N2.C2H6/c1-3-4-11-12-9-6-5-8(2)7-10(9)13-11;1-2/h5-7H,3-4H2,1-2H3,(H,12,13);1-2H3. The van der Waals surface area contributed by atoms with Crippen LogP contribution in [-0.4, -0.2) is 9.97 Å². The predicted molar refractivity (Wildman–Crippen MR) is 66.2 cm³/mol. The number of fused-ring (bicyclic) bond motifs is 1. The van der Waals surface area contributed by atoms with E-state index in [1.165, 1.54) is 5.56 Å². The van der Waals surface area contributed by atoms with Gasteiger partial charge in [-0.2, -0.15) is 0 Å². The molecular formula is C13H20N2. The van der Waals surface area contributed by atoms with E-state index >= 15 is 0 Å². The molecule has 2 nitrogen and oxygen atoms in total. The smallest absolute Gasteiger partial charge is 0.107 e. The minimum Gasteiger partial charge on any atom is -0.342 e. The Morgan fingerprint density at radius 3 is 2.67 bits per heavy atom. The van der Waals surface area contributed by atoms with Crippen LogP contribution in [0, 0.1) is 6.92 Å². The number of benzene rings is 1. The van der Waals surface area contributed by atoms with Crippen molar-refractivity contribution in [3.8, 4) is 0 Å². The van der Waals surface area contributed by atoms with Gasteiger partial charge in [-0.1, -0.05) is 26.8 Å². The van der Waals surface area contributed by atoms with Crippen LogP contribution < -0.4 is 0 Å². The summed E-state index contributed by atoms with van der Waals surface area (Å²) in [4.78, 5) is 7.81. The van der Waals surface area contributed by atoms with Crippen molar-refractivity contribution in [3.05, 3.63) is 29.6 Å². The number of aryl methyl sites for hydroxylation is 2. The molecule has 1 N–H and O–H groups in total. The first-order valence-electron chi connectivity index (χ1n) is 5.75. The van der Waals surface area contributed by atoms with Crippen LogP contribution in [0.1, 0.15) is 38.6 Å². The van der Waals surface area contributed by atoms with Crippen molar-refractivity contribution in [3.63, 3.8) is 0 Å². The van der Waals surface area contributed by atoms with Gasteiger partial charge in [0.1, 0.15) is 5.82 Å². The van der Waals surface area contributed by atoms with E-state index in [2.05, 4.69) is 42.0 Å². The van der Waals surface area contributed by atoms with Gasteiger partial charge < -0.3 is 4.98 Å². The van der Waals surface area contributed by atoms with Gasteiger partial charge in [0.15, 0.2) is 0 Å². The van der Waals surface area contributed by atoms with Crippen LogP contribution in [0.25, 0.3) is 11.0 Å². The molecule has 0 atom stereocenters. The van der Waals surface area contributed by atoms with Gasteiger partial charge in [0.25, 0.3) is 0 Å². The monoisotopic (exact) mass is 204 g/mol. The summed E-state index contributed by atoms with van der Waals surface area (Å²) in [6.45, 7) is 8.26. The molecule has 2 aromatic rings. The van der Waals surface area contributed by atoms with Crippen LogP contribution in [-0.2, 0) is 6.42 Å². The van der Waals surface area contributed by atoms with Crippen LogP contribution in [0.15, 0.2) is 18.2 Å². The van der Waals surface area contributed by atoms with Crippen molar-refractivity contribution in [2.75, 3.05) is 0 Å². The van der Waals surface area contributed by atoms with Crippen molar-refractivity contribution in [1.29, 1.82) is 0 Å². The number of H-pyrrole nitrogens is 1. The molecule has 0 fully saturated rings. The van der Waals surface area contributed by atoms with E-state index in [4.69, 9.17) is 0 Å². The second-order valence-corrected chi connectivity index (χ2v) is 3.45. The first kappa shape index (κ1) is 11.8. The summed E-state index contributed by atoms with van der Waals surface area (Å²) in [6.07, 6.45) is 2.17. The minimum atomic E-state index is 1.04. The fourth-order valence-corrected chi connectivity index (χ4v) is 1.53. The van der Waals surface area contributed by atoms with Gasteiger partial charge in [0, 0.05) is 6.42 Å². The van der Waals surface area contributed by atoms with E-state index in [9.17, 15) is 0 Å². The summed E-state index contributed by atoms with van der Waals surface area (Å²) >= 11 is 0. The zero-order valence-corrected chi connectivity index (χ0v) is 10.1. The third-order valence-electron chi connectivity index (χ3n) is 2.17. The second kappa shape index (κ2) is 5.54. The van der Waals surface area contributed by atoms with Gasteiger partial charge in [-0.15, -0.1) is 0 Å². The number of nitrogens with zero attached hydrogens (tertiary/aromatic N) is 1. The molecule has 0 radical (unpaired) electrons. The lowest BCUT2D eigenvalue weighted by Gasteiger charge is -1.89. The molecule has 82 valence electrons. The average Bonchev–Trinajstić information content (AvgIpc) is 2.63. The van der Waals surface area contributed by atoms with Crippen LogP contribution in [0.4, 0.5) is 0 Å². The van der Waals surface area contributed by atoms with E-state index in [0.717, 1.165) is 29.7 Å². The second-order valence-electron chi connectivity index (χ2n) is 3.45. The largest absolute Gasteiger partial charge is 0.342 e. The maximum absolute atomic E-state index is 4.49. The lowest BCUT2D eigenvalue weighted by atomic mass is 10.2. The summed E-state index contributed by atoms with van der Waals surface area (Å²) in [5.74, 6) is 1.10. The fraction of sp³-hybridized carbons (Fsp3) is 0.462. The van der Waals surface area contributed by atoms with Crippen LogP contribution in [0.5, 0.6) is 0 Å². The number of aromatic amines is 1. The zero-order chi connectivity index (χ0) is 11.3. The Morgan fingerprint density at radius 2 is 2.00 bits per heavy atom. The molecule has 0 aliphatic rings. The highest BCUT2D eigenvalue weighted by molar-refractivity contribution is 5.75. The molecule has 0 aliphatic carbocycles. The van der Waals surface area contributed by atoms with Crippen molar-refractivity contribution in [2.45, 2.75) is 40.5 Å². The third kappa shape index (κ3) is 2.82. The summed E-state index contributed by atoms with van der Waals surface area (Å²) < 4.78 is 0. The number of nitrogens with one attached hydrogen (secondary N) is 1. The topological polar surface area (TPSA) is 28.7 Å². The van der Waals surface area contributed by atoms with Crippen molar-refractivity contribution >= 4 is 11.0 Å². The highest BCUT2D eigenvalue weighted by atomic mass is 14.9. The molecule has 1 aromatic heterocycles. The summed E-state index contributed by atoms with van der Waals surface area (Å²) in [5, 5.41) is 0. The fourth-order valence-electron chi connectivity index (χ4n) is 1.53. The molecule has 2 rings (SSSR count). The first-order valence-corrected chi connectivity index (χ1v) is 5.75. The van der Waals surface area contributed by atoms with Gasteiger partial charge in [-0.25, -0.2) is 4.98 Å². The molecule has 1 heterocycles. The molecule has 0 bridgehead atoms. The van der Waals surface area contributed by atoms with E-state index in [0.29, 0.717) is 0 Å². The minimum absolute atomic E-state index is 1.04. The summed E-state index contributed by atoms with van der Waals surface area (Å²) in [5.41, 5.74) is 3.51. The molecular weight excluding hydrogens is 184 g/mol. The molecule has 0 saturated heterocycles. The van der Waals surface area contributed by atoms with Gasteiger partial charge in [-0.05, 0) is 31.0 Å². The van der Waals surface area contributed by atoms with Crippen LogP contribution in [0.3, 0.4) is 0 Å². The number of imidazole rings is 1. The summed E-state index contributed by atoms with van der Waals surface area (Å²) in [7, 11) is 0. The van der Waals surface area contributed by atoms with Gasteiger partial charge >= 0.3 is 0 Å². The van der Waals surface area contributed by atoms with Gasteiger partial charge in [0.05, 0.1) is 11.0 Å². The lowest BCUT2D eigenvalue weighted by Crippen LogP contribution is -1.83. The summed E-state index contributed by atoms with van der Waals surface area (Å²) in [6, 6.07) is 6.31. The lowest BCUT2D eigenvalue weighted by molar-refractivity contribution is 0.861. The van der Waals surface area contributed by atoms with E-state index in [-0.39, 0.29) is 0 Å². The Bertz CT molecular complexity index is 415. The van der Waals surface area contributed by atoms with E-state index < -0.39 is 0 Å². The maximum atomic E-state index is 4.49. The zero-order valence-electron chi connectivity index (χ0n) is 10.1. The Morgan fingerprint density at radius 1 is 1.27 bits per heavy atom. The predicted octanol–water partition coefficient (Wildman–Crippen LogP) is 3.85. The highest BCUT2D eigenvalue weighted by Crippen LogP contribution is 2.13. The Hall–Kier alpha value is -1.31. The van der Waals surface area contributed by atoms with Crippen molar-refractivity contribution < 1.29 is 0 Å². The quantitative estimate of drug-likeness (QED) is 0.790. The first-order chi connectivity index (χ1) is 7.29. The highest BCUT2D eigenvalue weighted by Gasteiger charge is 2.00. The molecule has 0 unspecified atom stereocenters. The van der Waals surface area contributed by atoms with E-state index in [1.54, 1.807) is 0 Å². The molecule has 15 heavy (non-hydrogen) atoms. The van der Waals surface area contributed by atoms with Gasteiger partial charge in [-0.3, -0.25) is 0 Å². The average molecular weight is 204 g/mol. The normalized spacial score (nSPS) is 9.87. The molecule has 0 amide bonds. The molecule has 0 spiro atoms. The molecule has 0 aliphatic heterocycles. The Kier molecular flexibility index (Phi) is 4.35. The Labute approximate surface area is 91.7 Å².